The van der Waals surface area contributed by atoms with Crippen LogP contribution in [0.25, 0.3) is 0 Å². The van der Waals surface area contributed by atoms with E-state index in [1.54, 1.807) is 13.8 Å². The molecule has 1 rings (SSSR count). The van der Waals surface area contributed by atoms with Gasteiger partial charge in [0.05, 0.1) is 12.9 Å². The zero-order valence-electron chi connectivity index (χ0n) is 12.5. The normalized spacial score (nSPS) is 13.5. The number of aromatic nitrogens is 2. The molecule has 0 aliphatic carbocycles. The maximum absolute atomic E-state index is 12.2. The van der Waals surface area contributed by atoms with Crippen molar-refractivity contribution in [3.8, 4) is 0 Å². The quantitative estimate of drug-likeness (QED) is 0.399. The predicted octanol–water partition coefficient (Wildman–Crippen LogP) is -1.38. The van der Waals surface area contributed by atoms with Gasteiger partial charge in [-0.15, -0.1) is 0 Å². The SMILES string of the molecule is CC(C)C(NC(=O)CN)C(=O)NC(Cc1cnc[nH]1)C(=O)O. The highest BCUT2D eigenvalue weighted by Crippen LogP contribution is 2.04. The molecule has 0 aliphatic rings. The molecule has 2 unspecified atom stereocenters. The van der Waals surface area contributed by atoms with E-state index in [0.29, 0.717) is 5.69 Å². The van der Waals surface area contributed by atoms with Crippen molar-refractivity contribution in [3.63, 3.8) is 0 Å². The minimum absolute atomic E-state index is 0.0662. The summed E-state index contributed by atoms with van der Waals surface area (Å²) in [5.41, 5.74) is 5.79. The van der Waals surface area contributed by atoms with Gasteiger partial charge in [0.15, 0.2) is 0 Å². The zero-order valence-corrected chi connectivity index (χ0v) is 12.5. The molecular formula is C13H21N5O4. The molecule has 9 nitrogen and oxygen atoms in total. The van der Waals surface area contributed by atoms with Gasteiger partial charge in [-0.2, -0.15) is 0 Å². The summed E-state index contributed by atoms with van der Waals surface area (Å²) in [5.74, 6) is -2.43. The van der Waals surface area contributed by atoms with Crippen LogP contribution < -0.4 is 16.4 Å². The average molecular weight is 311 g/mol. The van der Waals surface area contributed by atoms with E-state index >= 15 is 0 Å². The molecule has 0 saturated carbocycles. The van der Waals surface area contributed by atoms with Crippen LogP contribution in [0.2, 0.25) is 0 Å². The number of hydrogen-bond donors (Lipinski definition) is 5. The number of nitrogens with two attached hydrogens (primary N) is 1. The van der Waals surface area contributed by atoms with Gasteiger partial charge in [-0.25, -0.2) is 9.78 Å². The van der Waals surface area contributed by atoms with Gasteiger partial charge in [0, 0.05) is 18.3 Å². The van der Waals surface area contributed by atoms with Crippen molar-refractivity contribution >= 4 is 17.8 Å². The number of nitrogens with zero attached hydrogens (tertiary/aromatic N) is 1. The van der Waals surface area contributed by atoms with E-state index in [-0.39, 0.29) is 18.9 Å². The Morgan fingerprint density at radius 2 is 2.05 bits per heavy atom. The Morgan fingerprint density at radius 1 is 1.36 bits per heavy atom. The monoisotopic (exact) mass is 311 g/mol. The van der Waals surface area contributed by atoms with Crippen molar-refractivity contribution in [1.29, 1.82) is 0 Å². The summed E-state index contributed by atoms with van der Waals surface area (Å²) in [5, 5.41) is 14.1. The fourth-order valence-electron chi connectivity index (χ4n) is 1.85. The lowest BCUT2D eigenvalue weighted by Crippen LogP contribution is -2.55. The molecule has 2 atom stereocenters. The van der Waals surface area contributed by atoms with Crippen LogP contribution in [-0.2, 0) is 20.8 Å². The summed E-state index contributed by atoms with van der Waals surface area (Å²) < 4.78 is 0. The van der Waals surface area contributed by atoms with Crippen molar-refractivity contribution in [2.45, 2.75) is 32.4 Å². The van der Waals surface area contributed by atoms with Gasteiger partial charge in [0.1, 0.15) is 12.1 Å². The molecule has 2 amide bonds. The van der Waals surface area contributed by atoms with Crippen LogP contribution in [0.4, 0.5) is 0 Å². The van der Waals surface area contributed by atoms with E-state index in [0.717, 1.165) is 0 Å². The third kappa shape index (κ3) is 5.17. The van der Waals surface area contributed by atoms with Gasteiger partial charge in [0.2, 0.25) is 11.8 Å². The first-order valence-corrected chi connectivity index (χ1v) is 6.85. The molecule has 0 fully saturated rings. The molecule has 0 spiro atoms. The van der Waals surface area contributed by atoms with E-state index in [4.69, 9.17) is 5.73 Å². The largest absolute Gasteiger partial charge is 0.480 e. The van der Waals surface area contributed by atoms with Gasteiger partial charge in [-0.3, -0.25) is 9.59 Å². The Balaban J connectivity index is 2.75. The highest BCUT2D eigenvalue weighted by Gasteiger charge is 2.28. The molecule has 0 saturated heterocycles. The minimum atomic E-state index is -1.17. The van der Waals surface area contributed by atoms with E-state index in [9.17, 15) is 19.5 Å². The molecule has 122 valence electrons. The van der Waals surface area contributed by atoms with Gasteiger partial charge in [0.25, 0.3) is 0 Å². The zero-order chi connectivity index (χ0) is 16.7. The summed E-state index contributed by atoms with van der Waals surface area (Å²) in [6.07, 6.45) is 2.98. The van der Waals surface area contributed by atoms with Crippen LogP contribution in [0.3, 0.4) is 0 Å². The first kappa shape index (κ1) is 17.6. The van der Waals surface area contributed by atoms with Gasteiger partial charge in [-0.05, 0) is 5.92 Å². The summed E-state index contributed by atoms with van der Waals surface area (Å²) in [6, 6.07) is -1.97. The second-order valence-electron chi connectivity index (χ2n) is 5.17. The molecule has 6 N–H and O–H groups in total. The number of rotatable bonds is 8. The molecule has 1 heterocycles. The lowest BCUT2D eigenvalue weighted by atomic mass is 10.0. The number of nitrogens with one attached hydrogen (secondary N) is 3. The van der Waals surface area contributed by atoms with E-state index < -0.39 is 29.9 Å². The number of amides is 2. The predicted molar refractivity (Wildman–Crippen MR) is 77.7 cm³/mol. The van der Waals surface area contributed by atoms with Crippen LogP contribution in [0.1, 0.15) is 19.5 Å². The molecule has 0 aliphatic heterocycles. The molecular weight excluding hydrogens is 290 g/mol. The Morgan fingerprint density at radius 3 is 2.50 bits per heavy atom. The van der Waals surface area contributed by atoms with Gasteiger partial charge < -0.3 is 26.5 Å². The topological polar surface area (TPSA) is 150 Å². The lowest BCUT2D eigenvalue weighted by Gasteiger charge is -2.23. The third-order valence-electron chi connectivity index (χ3n) is 3.04. The Bertz CT molecular complexity index is 515. The Kier molecular flexibility index (Phi) is 6.51. The highest BCUT2D eigenvalue weighted by atomic mass is 16.4. The summed E-state index contributed by atoms with van der Waals surface area (Å²) in [4.78, 5) is 41.4. The van der Waals surface area contributed by atoms with Crippen LogP contribution >= 0.6 is 0 Å². The number of aliphatic carboxylic acids is 1. The van der Waals surface area contributed by atoms with E-state index in [1.165, 1.54) is 12.5 Å². The number of carboxylic acid groups (broad SMARTS) is 1. The standard InChI is InChI=1S/C13H21N5O4/c1-7(2)11(18-10(19)4-14)12(20)17-9(13(21)22)3-8-5-15-6-16-8/h5-7,9,11H,3-4,14H2,1-2H3,(H,15,16)(H,17,20)(H,18,19)(H,21,22). The second kappa shape index (κ2) is 8.13. The van der Waals surface area contributed by atoms with Crippen molar-refractivity contribution < 1.29 is 19.5 Å². The molecule has 22 heavy (non-hydrogen) atoms. The number of aromatic amines is 1. The van der Waals surface area contributed by atoms with Gasteiger partial charge >= 0.3 is 5.97 Å². The number of carboxylic acids is 1. The van der Waals surface area contributed by atoms with Crippen molar-refractivity contribution in [2.24, 2.45) is 11.7 Å². The lowest BCUT2D eigenvalue weighted by molar-refractivity contribution is -0.142. The maximum atomic E-state index is 12.2. The number of hydrogen-bond acceptors (Lipinski definition) is 5. The average Bonchev–Trinajstić information content (AvgIpc) is 2.95. The third-order valence-corrected chi connectivity index (χ3v) is 3.04. The first-order valence-electron chi connectivity index (χ1n) is 6.85. The van der Waals surface area contributed by atoms with Crippen LogP contribution in [-0.4, -0.2) is 51.5 Å². The minimum Gasteiger partial charge on any atom is -0.480 e. The number of carbonyl (C=O) groups is 3. The molecule has 0 radical (unpaired) electrons. The van der Waals surface area contributed by atoms with Crippen molar-refractivity contribution in [1.82, 2.24) is 20.6 Å². The van der Waals surface area contributed by atoms with Crippen LogP contribution in [0, 0.1) is 5.92 Å². The first-order chi connectivity index (χ1) is 10.3. The molecule has 1 aromatic heterocycles. The fraction of sp³-hybridized carbons (Fsp3) is 0.538. The Labute approximate surface area is 127 Å². The van der Waals surface area contributed by atoms with Crippen molar-refractivity contribution in [3.05, 3.63) is 18.2 Å². The molecule has 0 aromatic carbocycles. The van der Waals surface area contributed by atoms with Crippen molar-refractivity contribution in [2.75, 3.05) is 6.54 Å². The fourth-order valence-corrected chi connectivity index (χ4v) is 1.85. The highest BCUT2D eigenvalue weighted by molar-refractivity contribution is 5.91. The number of H-pyrrole nitrogens is 1. The molecule has 0 bridgehead atoms. The Hall–Kier alpha value is -2.42. The van der Waals surface area contributed by atoms with Crippen LogP contribution in [0.5, 0.6) is 0 Å². The maximum Gasteiger partial charge on any atom is 0.326 e. The molecule has 9 heteroatoms. The molecule has 1 aromatic rings. The van der Waals surface area contributed by atoms with E-state index in [2.05, 4.69) is 20.6 Å². The summed E-state index contributed by atoms with van der Waals surface area (Å²) >= 11 is 0. The second-order valence-corrected chi connectivity index (χ2v) is 5.17. The summed E-state index contributed by atoms with van der Waals surface area (Å²) in [7, 11) is 0. The summed E-state index contributed by atoms with van der Waals surface area (Å²) in [6.45, 7) is 3.24. The van der Waals surface area contributed by atoms with E-state index in [1.807, 2.05) is 0 Å². The number of carbonyl (C=O) groups excluding carboxylic acids is 2. The van der Waals surface area contributed by atoms with Gasteiger partial charge in [-0.1, -0.05) is 13.8 Å². The van der Waals surface area contributed by atoms with Crippen LogP contribution in [0.15, 0.2) is 12.5 Å². The smallest absolute Gasteiger partial charge is 0.326 e. The number of imidazole rings is 1.